The highest BCUT2D eigenvalue weighted by Gasteiger charge is 2.14. The minimum Gasteiger partial charge on any atom is -0.397 e. The van der Waals surface area contributed by atoms with Crippen molar-refractivity contribution in [1.29, 1.82) is 0 Å². The number of primary sulfonamides is 1. The first-order chi connectivity index (χ1) is 12.2. The standard InChI is InChI=1S/C17H20N4O4S/c1-11-2-7-14(18)15(10-11)21-17(23)16(22)20-9-8-12-3-5-13(6-4-12)26(19,24)25/h2-7,10H,8-9,18H2,1H3,(H,20,22)(H,21,23)(H2,19,24,25). The molecule has 138 valence electrons. The van der Waals surface area contributed by atoms with Crippen LogP contribution in [0.5, 0.6) is 0 Å². The number of anilines is 2. The van der Waals surface area contributed by atoms with Gasteiger partial charge >= 0.3 is 11.8 Å². The molecule has 2 rings (SSSR count). The van der Waals surface area contributed by atoms with Crippen molar-refractivity contribution in [1.82, 2.24) is 5.32 Å². The van der Waals surface area contributed by atoms with Crippen molar-refractivity contribution in [3.05, 3.63) is 53.6 Å². The summed E-state index contributed by atoms with van der Waals surface area (Å²) in [5, 5.41) is 9.99. The van der Waals surface area contributed by atoms with Gasteiger partial charge in [0, 0.05) is 6.54 Å². The van der Waals surface area contributed by atoms with Crippen LogP contribution >= 0.6 is 0 Å². The maximum absolute atomic E-state index is 11.9. The zero-order chi connectivity index (χ0) is 19.3. The van der Waals surface area contributed by atoms with Crippen molar-refractivity contribution >= 4 is 33.2 Å². The predicted octanol–water partition coefficient (Wildman–Crippen LogP) is 0.522. The van der Waals surface area contributed by atoms with E-state index < -0.39 is 21.8 Å². The maximum Gasteiger partial charge on any atom is 0.313 e. The van der Waals surface area contributed by atoms with E-state index in [-0.39, 0.29) is 11.4 Å². The highest BCUT2D eigenvalue weighted by atomic mass is 32.2. The minimum absolute atomic E-state index is 0.0143. The molecule has 9 heteroatoms. The number of hydrogen-bond acceptors (Lipinski definition) is 5. The Hall–Kier alpha value is -2.91. The van der Waals surface area contributed by atoms with Crippen LogP contribution in [0.15, 0.2) is 47.4 Å². The molecule has 0 saturated carbocycles. The Labute approximate surface area is 151 Å². The zero-order valence-corrected chi connectivity index (χ0v) is 15.0. The lowest BCUT2D eigenvalue weighted by Crippen LogP contribution is -2.36. The average molecular weight is 376 g/mol. The van der Waals surface area contributed by atoms with E-state index in [0.29, 0.717) is 17.8 Å². The Balaban J connectivity index is 1.86. The van der Waals surface area contributed by atoms with Crippen molar-refractivity contribution in [2.75, 3.05) is 17.6 Å². The molecule has 6 N–H and O–H groups in total. The summed E-state index contributed by atoms with van der Waals surface area (Å²) in [6.07, 6.45) is 0.427. The fourth-order valence-electron chi connectivity index (χ4n) is 2.20. The van der Waals surface area contributed by atoms with E-state index in [2.05, 4.69) is 10.6 Å². The number of rotatable bonds is 5. The lowest BCUT2D eigenvalue weighted by atomic mass is 10.1. The zero-order valence-electron chi connectivity index (χ0n) is 14.2. The molecule has 2 aromatic carbocycles. The van der Waals surface area contributed by atoms with E-state index >= 15 is 0 Å². The molecular weight excluding hydrogens is 356 g/mol. The van der Waals surface area contributed by atoms with Crippen molar-refractivity contribution in [3.63, 3.8) is 0 Å². The Morgan fingerprint density at radius 1 is 1.04 bits per heavy atom. The molecule has 0 fully saturated rings. The third-order valence-corrected chi connectivity index (χ3v) is 4.54. The topological polar surface area (TPSA) is 144 Å². The number of nitrogens with one attached hydrogen (secondary N) is 2. The van der Waals surface area contributed by atoms with Gasteiger partial charge < -0.3 is 16.4 Å². The molecule has 0 heterocycles. The van der Waals surface area contributed by atoms with Crippen LogP contribution in [0.1, 0.15) is 11.1 Å². The van der Waals surface area contributed by atoms with Gasteiger partial charge in [0.05, 0.1) is 16.3 Å². The van der Waals surface area contributed by atoms with Gasteiger partial charge in [0.25, 0.3) is 0 Å². The summed E-state index contributed by atoms with van der Waals surface area (Å²) in [7, 11) is -3.73. The lowest BCUT2D eigenvalue weighted by Gasteiger charge is -2.09. The quantitative estimate of drug-likeness (QED) is 0.444. The number of aryl methyl sites for hydroxylation is 1. The summed E-state index contributed by atoms with van der Waals surface area (Å²) in [5.41, 5.74) is 8.20. The molecule has 0 unspecified atom stereocenters. The first-order valence-corrected chi connectivity index (χ1v) is 9.28. The number of sulfonamides is 1. The Kier molecular flexibility index (Phi) is 5.96. The van der Waals surface area contributed by atoms with E-state index in [0.717, 1.165) is 11.1 Å². The molecule has 2 aromatic rings. The van der Waals surface area contributed by atoms with Gasteiger partial charge in [-0.15, -0.1) is 0 Å². The molecule has 0 bridgehead atoms. The van der Waals surface area contributed by atoms with Crippen LogP contribution in [0.25, 0.3) is 0 Å². The summed E-state index contributed by atoms with van der Waals surface area (Å²) >= 11 is 0. The van der Waals surface area contributed by atoms with Crippen molar-refractivity contribution in [2.45, 2.75) is 18.2 Å². The van der Waals surface area contributed by atoms with Gasteiger partial charge in [-0.25, -0.2) is 13.6 Å². The van der Waals surface area contributed by atoms with Gasteiger partial charge in [-0.2, -0.15) is 0 Å². The number of carbonyl (C=O) groups is 2. The second-order valence-corrected chi connectivity index (χ2v) is 7.30. The van der Waals surface area contributed by atoms with E-state index in [4.69, 9.17) is 10.9 Å². The van der Waals surface area contributed by atoms with E-state index in [1.807, 2.05) is 6.92 Å². The number of hydrogen-bond donors (Lipinski definition) is 4. The molecule has 0 radical (unpaired) electrons. The summed E-state index contributed by atoms with van der Waals surface area (Å²) < 4.78 is 22.4. The van der Waals surface area contributed by atoms with Gasteiger partial charge in [-0.05, 0) is 48.7 Å². The SMILES string of the molecule is Cc1ccc(N)c(NC(=O)C(=O)NCCc2ccc(S(N)(=O)=O)cc2)c1. The summed E-state index contributed by atoms with van der Waals surface area (Å²) in [5.74, 6) is -1.60. The smallest absolute Gasteiger partial charge is 0.313 e. The number of nitrogens with two attached hydrogens (primary N) is 2. The van der Waals surface area contributed by atoms with E-state index in [1.165, 1.54) is 12.1 Å². The Bertz CT molecular complexity index is 924. The molecule has 0 saturated heterocycles. The minimum atomic E-state index is -3.73. The molecule has 0 aromatic heterocycles. The second-order valence-electron chi connectivity index (χ2n) is 5.74. The van der Waals surface area contributed by atoms with Crippen LogP contribution in [0.3, 0.4) is 0 Å². The normalized spacial score (nSPS) is 11.0. The number of carbonyl (C=O) groups excluding carboxylic acids is 2. The van der Waals surface area contributed by atoms with Crippen LogP contribution in [0.4, 0.5) is 11.4 Å². The van der Waals surface area contributed by atoms with Crippen LogP contribution in [0.2, 0.25) is 0 Å². The van der Waals surface area contributed by atoms with Crippen LogP contribution in [-0.2, 0) is 26.0 Å². The molecule has 8 nitrogen and oxygen atoms in total. The fraction of sp³-hybridized carbons (Fsp3) is 0.176. The molecule has 0 spiro atoms. The van der Waals surface area contributed by atoms with Crippen molar-refractivity contribution in [3.8, 4) is 0 Å². The van der Waals surface area contributed by atoms with Crippen LogP contribution in [0, 0.1) is 6.92 Å². The number of benzene rings is 2. The first-order valence-electron chi connectivity index (χ1n) is 7.74. The highest BCUT2D eigenvalue weighted by molar-refractivity contribution is 7.89. The van der Waals surface area contributed by atoms with Gasteiger partial charge in [-0.3, -0.25) is 9.59 Å². The van der Waals surface area contributed by atoms with E-state index in [1.54, 1.807) is 30.3 Å². The molecule has 0 atom stereocenters. The van der Waals surface area contributed by atoms with Crippen molar-refractivity contribution < 1.29 is 18.0 Å². The molecule has 2 amide bonds. The maximum atomic E-state index is 11.9. The van der Waals surface area contributed by atoms with Crippen LogP contribution in [-0.4, -0.2) is 26.8 Å². The van der Waals surface area contributed by atoms with Crippen LogP contribution < -0.4 is 21.5 Å². The summed E-state index contributed by atoms with van der Waals surface area (Å²) in [4.78, 5) is 23.8. The summed E-state index contributed by atoms with van der Waals surface area (Å²) in [6.45, 7) is 2.06. The van der Waals surface area contributed by atoms with Gasteiger partial charge in [0.1, 0.15) is 0 Å². The number of amides is 2. The largest absolute Gasteiger partial charge is 0.397 e. The first kappa shape index (κ1) is 19.4. The molecule has 0 aliphatic carbocycles. The predicted molar refractivity (Wildman–Crippen MR) is 98.8 cm³/mol. The molecular formula is C17H20N4O4S. The molecule has 0 aliphatic heterocycles. The second kappa shape index (κ2) is 7.98. The third-order valence-electron chi connectivity index (χ3n) is 3.61. The average Bonchev–Trinajstić information content (AvgIpc) is 2.57. The fourth-order valence-corrected chi connectivity index (χ4v) is 2.72. The monoisotopic (exact) mass is 376 g/mol. The van der Waals surface area contributed by atoms with Gasteiger partial charge in [0.15, 0.2) is 0 Å². The molecule has 0 aliphatic rings. The summed E-state index contributed by atoms with van der Waals surface area (Å²) in [6, 6.07) is 11.1. The molecule has 26 heavy (non-hydrogen) atoms. The lowest BCUT2D eigenvalue weighted by molar-refractivity contribution is -0.136. The highest BCUT2D eigenvalue weighted by Crippen LogP contribution is 2.19. The van der Waals surface area contributed by atoms with Gasteiger partial charge in [0.2, 0.25) is 10.0 Å². The Morgan fingerprint density at radius 3 is 2.31 bits per heavy atom. The van der Waals surface area contributed by atoms with E-state index in [9.17, 15) is 18.0 Å². The Morgan fingerprint density at radius 2 is 1.69 bits per heavy atom. The number of nitrogen functional groups attached to an aromatic ring is 1. The van der Waals surface area contributed by atoms with Gasteiger partial charge in [-0.1, -0.05) is 18.2 Å². The third kappa shape index (κ3) is 5.30. The van der Waals surface area contributed by atoms with Crippen molar-refractivity contribution in [2.24, 2.45) is 5.14 Å².